The maximum Gasteiger partial charge on any atom is 0.258 e. The van der Waals surface area contributed by atoms with E-state index in [-0.39, 0.29) is 12.5 Å². The standard InChI is InChI=1S/C18H27NO2/c1-12-8-13(2)17(14(3)9-12)21-11-16(20)19-15-6-7-18(4,5)10-15/h8-9,15H,6-7,10-11H2,1-5H3,(H,19,20). The zero-order chi connectivity index (χ0) is 15.6. The Hall–Kier alpha value is -1.51. The minimum Gasteiger partial charge on any atom is -0.483 e. The summed E-state index contributed by atoms with van der Waals surface area (Å²) in [6, 6.07) is 4.47. The molecule has 0 aromatic heterocycles. The first-order chi connectivity index (χ1) is 9.77. The fraction of sp³-hybridized carbons (Fsp3) is 0.611. The smallest absolute Gasteiger partial charge is 0.258 e. The second-order valence-electron chi connectivity index (χ2n) is 7.19. The number of amides is 1. The molecular formula is C18H27NO2. The van der Waals surface area contributed by atoms with Gasteiger partial charge < -0.3 is 10.1 Å². The largest absolute Gasteiger partial charge is 0.483 e. The van der Waals surface area contributed by atoms with Gasteiger partial charge in [-0.2, -0.15) is 0 Å². The Kier molecular flexibility index (Phi) is 4.60. The van der Waals surface area contributed by atoms with Crippen LogP contribution in [0.25, 0.3) is 0 Å². The van der Waals surface area contributed by atoms with Gasteiger partial charge in [-0.15, -0.1) is 0 Å². The molecule has 3 heteroatoms. The van der Waals surface area contributed by atoms with E-state index in [0.717, 1.165) is 29.7 Å². The van der Waals surface area contributed by atoms with Crippen LogP contribution < -0.4 is 10.1 Å². The summed E-state index contributed by atoms with van der Waals surface area (Å²) >= 11 is 0. The highest BCUT2D eigenvalue weighted by Crippen LogP contribution is 2.36. The Bertz CT molecular complexity index is 511. The third kappa shape index (κ3) is 4.23. The van der Waals surface area contributed by atoms with Gasteiger partial charge in [0.1, 0.15) is 5.75 Å². The lowest BCUT2D eigenvalue weighted by molar-refractivity contribution is -0.123. The van der Waals surface area contributed by atoms with Gasteiger partial charge in [0.25, 0.3) is 5.91 Å². The zero-order valence-electron chi connectivity index (χ0n) is 13.9. The van der Waals surface area contributed by atoms with E-state index in [9.17, 15) is 4.79 Å². The van der Waals surface area contributed by atoms with Crippen molar-refractivity contribution in [2.24, 2.45) is 5.41 Å². The summed E-state index contributed by atoms with van der Waals surface area (Å²) in [6.45, 7) is 10.7. The van der Waals surface area contributed by atoms with Crippen LogP contribution in [0.2, 0.25) is 0 Å². The molecule has 21 heavy (non-hydrogen) atoms. The van der Waals surface area contributed by atoms with Crippen molar-refractivity contribution < 1.29 is 9.53 Å². The minimum absolute atomic E-state index is 0.0166. The number of benzene rings is 1. The van der Waals surface area contributed by atoms with Crippen LogP contribution >= 0.6 is 0 Å². The van der Waals surface area contributed by atoms with Crippen LogP contribution in [0, 0.1) is 26.2 Å². The van der Waals surface area contributed by atoms with E-state index >= 15 is 0 Å². The van der Waals surface area contributed by atoms with Gasteiger partial charge in [-0.3, -0.25) is 4.79 Å². The number of rotatable bonds is 4. The molecule has 1 aromatic carbocycles. The first-order valence-electron chi connectivity index (χ1n) is 7.77. The van der Waals surface area contributed by atoms with Crippen molar-refractivity contribution in [3.8, 4) is 5.75 Å². The van der Waals surface area contributed by atoms with Gasteiger partial charge in [0.15, 0.2) is 6.61 Å². The Morgan fingerprint density at radius 2 is 1.90 bits per heavy atom. The molecule has 2 rings (SSSR count). The van der Waals surface area contributed by atoms with Gasteiger partial charge in [-0.1, -0.05) is 31.5 Å². The van der Waals surface area contributed by atoms with Crippen LogP contribution in [0.3, 0.4) is 0 Å². The molecule has 1 amide bonds. The highest BCUT2D eigenvalue weighted by atomic mass is 16.5. The molecule has 0 radical (unpaired) electrons. The molecule has 1 unspecified atom stereocenters. The summed E-state index contributed by atoms with van der Waals surface area (Å²) in [5.41, 5.74) is 3.74. The van der Waals surface area contributed by atoms with Gasteiger partial charge in [0.2, 0.25) is 0 Å². The topological polar surface area (TPSA) is 38.3 Å². The van der Waals surface area contributed by atoms with Gasteiger partial charge in [-0.05, 0) is 56.6 Å². The number of hydrogen-bond acceptors (Lipinski definition) is 2. The van der Waals surface area contributed by atoms with Gasteiger partial charge >= 0.3 is 0 Å². The maximum absolute atomic E-state index is 12.0. The van der Waals surface area contributed by atoms with Crippen molar-refractivity contribution in [3.05, 3.63) is 28.8 Å². The van der Waals surface area contributed by atoms with Crippen molar-refractivity contribution in [3.63, 3.8) is 0 Å². The average molecular weight is 289 g/mol. The number of carbonyl (C=O) groups is 1. The lowest BCUT2D eigenvalue weighted by atomic mass is 9.92. The predicted molar refractivity (Wildman–Crippen MR) is 85.7 cm³/mol. The molecule has 1 aliphatic carbocycles. The van der Waals surface area contributed by atoms with Crippen LogP contribution in [0.4, 0.5) is 0 Å². The van der Waals surface area contributed by atoms with Crippen LogP contribution in [0.1, 0.15) is 49.8 Å². The number of ether oxygens (including phenoxy) is 1. The van der Waals surface area contributed by atoms with Crippen molar-refractivity contribution >= 4 is 5.91 Å². The molecule has 1 fully saturated rings. The van der Waals surface area contributed by atoms with Crippen LogP contribution in [-0.4, -0.2) is 18.6 Å². The third-order valence-corrected chi connectivity index (χ3v) is 4.29. The molecule has 1 N–H and O–H groups in total. The Labute approximate surface area is 128 Å². The fourth-order valence-electron chi connectivity index (χ4n) is 3.36. The lowest BCUT2D eigenvalue weighted by Gasteiger charge is -2.18. The molecule has 1 aromatic rings. The number of hydrogen-bond donors (Lipinski definition) is 1. The van der Waals surface area contributed by atoms with E-state index in [1.165, 1.54) is 12.0 Å². The van der Waals surface area contributed by atoms with Crippen molar-refractivity contribution in [2.45, 2.75) is 59.9 Å². The predicted octanol–water partition coefficient (Wildman–Crippen LogP) is 3.69. The molecule has 0 spiro atoms. The SMILES string of the molecule is Cc1cc(C)c(OCC(=O)NC2CCC(C)(C)C2)c(C)c1. The minimum atomic E-state index is -0.0166. The van der Waals surface area contributed by atoms with E-state index in [0.29, 0.717) is 11.5 Å². The third-order valence-electron chi connectivity index (χ3n) is 4.29. The van der Waals surface area contributed by atoms with E-state index in [1.54, 1.807) is 0 Å². The Balaban J connectivity index is 1.88. The van der Waals surface area contributed by atoms with Crippen LogP contribution in [0.5, 0.6) is 5.75 Å². The second kappa shape index (κ2) is 6.08. The monoisotopic (exact) mass is 289 g/mol. The van der Waals surface area contributed by atoms with Crippen molar-refractivity contribution in [2.75, 3.05) is 6.61 Å². The summed E-state index contributed by atoms with van der Waals surface area (Å²) in [4.78, 5) is 12.0. The molecule has 0 aliphatic heterocycles. The molecule has 0 heterocycles. The average Bonchev–Trinajstić information content (AvgIpc) is 2.67. The summed E-state index contributed by atoms with van der Waals surface area (Å²) in [5, 5.41) is 3.09. The number of carbonyl (C=O) groups excluding carboxylic acids is 1. The summed E-state index contributed by atoms with van der Waals surface area (Å²) in [5.74, 6) is 0.819. The fourth-order valence-corrected chi connectivity index (χ4v) is 3.36. The Morgan fingerprint density at radius 3 is 2.43 bits per heavy atom. The second-order valence-corrected chi connectivity index (χ2v) is 7.19. The molecule has 1 saturated carbocycles. The van der Waals surface area contributed by atoms with E-state index < -0.39 is 0 Å². The van der Waals surface area contributed by atoms with Crippen LogP contribution in [0.15, 0.2) is 12.1 Å². The zero-order valence-corrected chi connectivity index (χ0v) is 13.9. The Morgan fingerprint density at radius 1 is 1.29 bits per heavy atom. The first kappa shape index (κ1) is 15.9. The highest BCUT2D eigenvalue weighted by Gasteiger charge is 2.31. The molecule has 1 atom stereocenters. The normalized spacial score (nSPS) is 20.3. The molecule has 0 bridgehead atoms. The van der Waals surface area contributed by atoms with Gasteiger partial charge in [-0.25, -0.2) is 0 Å². The van der Waals surface area contributed by atoms with Gasteiger partial charge in [0, 0.05) is 6.04 Å². The summed E-state index contributed by atoms with van der Waals surface area (Å²) < 4.78 is 5.73. The van der Waals surface area contributed by atoms with Gasteiger partial charge in [0.05, 0.1) is 0 Å². The van der Waals surface area contributed by atoms with Crippen molar-refractivity contribution in [1.29, 1.82) is 0 Å². The lowest BCUT2D eigenvalue weighted by Crippen LogP contribution is -2.36. The highest BCUT2D eigenvalue weighted by molar-refractivity contribution is 5.78. The quantitative estimate of drug-likeness (QED) is 0.918. The number of nitrogens with one attached hydrogen (secondary N) is 1. The molecule has 0 saturated heterocycles. The summed E-state index contributed by atoms with van der Waals surface area (Å²) in [7, 11) is 0. The van der Waals surface area contributed by atoms with E-state index in [4.69, 9.17) is 4.74 Å². The first-order valence-corrected chi connectivity index (χ1v) is 7.77. The molecule has 3 nitrogen and oxygen atoms in total. The van der Waals surface area contributed by atoms with Crippen LogP contribution in [-0.2, 0) is 4.79 Å². The van der Waals surface area contributed by atoms with E-state index in [2.05, 4.69) is 38.2 Å². The molecule has 1 aliphatic rings. The molecular weight excluding hydrogens is 262 g/mol. The molecule has 116 valence electrons. The van der Waals surface area contributed by atoms with Crippen molar-refractivity contribution in [1.82, 2.24) is 5.32 Å². The summed E-state index contributed by atoms with van der Waals surface area (Å²) in [6.07, 6.45) is 3.30. The number of aryl methyl sites for hydroxylation is 3. The van der Waals surface area contributed by atoms with E-state index in [1.807, 2.05) is 13.8 Å². The maximum atomic E-state index is 12.0.